The Morgan fingerprint density at radius 1 is 1.13 bits per heavy atom. The molecule has 0 aromatic carbocycles. The molecule has 2 aliphatic heterocycles. The van der Waals surface area contributed by atoms with Gasteiger partial charge < -0.3 is 15.0 Å². The highest BCUT2D eigenvalue weighted by Gasteiger charge is 2.26. The van der Waals surface area contributed by atoms with Gasteiger partial charge in [-0.15, -0.1) is 0 Å². The lowest BCUT2D eigenvalue weighted by Crippen LogP contribution is -2.54. The van der Waals surface area contributed by atoms with E-state index in [9.17, 15) is 13.2 Å². The minimum absolute atomic E-state index is 0.118. The van der Waals surface area contributed by atoms with Crippen molar-refractivity contribution < 1.29 is 17.9 Å². The van der Waals surface area contributed by atoms with Crippen molar-refractivity contribution in [3.8, 4) is 0 Å². The Morgan fingerprint density at radius 2 is 1.70 bits per heavy atom. The van der Waals surface area contributed by atoms with E-state index in [2.05, 4.69) is 24.1 Å². The Labute approximate surface area is 138 Å². The standard InChI is InChI=1S/C14H28N4O4S/c1-12-10-16(11-13(2)22-12)5-4-15-14(19)17-6-8-18(9-7-17)23(3,20)21/h12-13H,4-11H2,1-3H3,(H,15,19)/t12-,13-/m0/s1. The smallest absolute Gasteiger partial charge is 0.317 e. The molecule has 134 valence electrons. The average molecular weight is 348 g/mol. The summed E-state index contributed by atoms with van der Waals surface area (Å²) in [6.45, 7) is 8.87. The van der Waals surface area contributed by atoms with Gasteiger partial charge in [-0.1, -0.05) is 0 Å². The number of sulfonamides is 1. The third-order valence-corrected chi connectivity index (χ3v) is 5.50. The van der Waals surface area contributed by atoms with Crippen molar-refractivity contribution in [2.45, 2.75) is 26.1 Å². The minimum atomic E-state index is -3.16. The molecule has 2 fully saturated rings. The third kappa shape index (κ3) is 5.59. The van der Waals surface area contributed by atoms with E-state index in [1.165, 1.54) is 10.6 Å². The van der Waals surface area contributed by atoms with Crippen LogP contribution >= 0.6 is 0 Å². The number of morpholine rings is 1. The van der Waals surface area contributed by atoms with Crippen molar-refractivity contribution in [2.24, 2.45) is 0 Å². The van der Waals surface area contributed by atoms with Gasteiger partial charge in [-0.05, 0) is 13.8 Å². The van der Waals surface area contributed by atoms with Gasteiger partial charge in [0, 0.05) is 52.4 Å². The van der Waals surface area contributed by atoms with E-state index in [1.54, 1.807) is 4.90 Å². The number of piperazine rings is 1. The van der Waals surface area contributed by atoms with Crippen molar-refractivity contribution in [1.82, 2.24) is 19.4 Å². The van der Waals surface area contributed by atoms with Gasteiger partial charge in [0.2, 0.25) is 10.0 Å². The highest BCUT2D eigenvalue weighted by Crippen LogP contribution is 2.10. The molecule has 0 unspecified atom stereocenters. The van der Waals surface area contributed by atoms with Crippen molar-refractivity contribution in [1.29, 1.82) is 0 Å². The molecule has 2 aliphatic rings. The quantitative estimate of drug-likeness (QED) is 0.732. The molecule has 2 rings (SSSR count). The largest absolute Gasteiger partial charge is 0.373 e. The Balaban J connectivity index is 1.68. The molecule has 0 aromatic heterocycles. The van der Waals surface area contributed by atoms with E-state index in [1.807, 2.05) is 0 Å². The summed E-state index contributed by atoms with van der Waals surface area (Å²) in [5.74, 6) is 0. The SMILES string of the molecule is C[C@H]1CN(CCNC(=O)N2CCN(S(C)(=O)=O)CC2)C[C@H](C)O1. The molecule has 2 saturated heterocycles. The second kappa shape index (κ2) is 7.78. The second-order valence-electron chi connectivity index (χ2n) is 6.40. The molecule has 8 nitrogen and oxygen atoms in total. The summed E-state index contributed by atoms with van der Waals surface area (Å²) in [6.07, 6.45) is 1.64. The van der Waals surface area contributed by atoms with Gasteiger partial charge in [-0.2, -0.15) is 4.31 Å². The fourth-order valence-electron chi connectivity index (χ4n) is 3.12. The van der Waals surface area contributed by atoms with Gasteiger partial charge in [0.1, 0.15) is 0 Å². The van der Waals surface area contributed by atoms with Crippen LogP contribution in [0.15, 0.2) is 0 Å². The zero-order chi connectivity index (χ0) is 17.0. The minimum Gasteiger partial charge on any atom is -0.373 e. The molecule has 2 atom stereocenters. The monoisotopic (exact) mass is 348 g/mol. The molecule has 1 N–H and O–H groups in total. The van der Waals surface area contributed by atoms with E-state index in [0.29, 0.717) is 32.7 Å². The summed E-state index contributed by atoms with van der Waals surface area (Å²) in [7, 11) is -3.16. The first kappa shape index (κ1) is 18.4. The van der Waals surface area contributed by atoms with Crippen molar-refractivity contribution in [2.75, 3.05) is 58.6 Å². The molecule has 0 radical (unpaired) electrons. The lowest BCUT2D eigenvalue weighted by Gasteiger charge is -2.36. The molecular weight excluding hydrogens is 320 g/mol. The molecule has 0 spiro atoms. The van der Waals surface area contributed by atoms with Gasteiger partial charge in [-0.25, -0.2) is 13.2 Å². The van der Waals surface area contributed by atoms with Crippen LogP contribution in [0.4, 0.5) is 4.79 Å². The van der Waals surface area contributed by atoms with Crippen molar-refractivity contribution >= 4 is 16.1 Å². The van der Waals surface area contributed by atoms with Crippen LogP contribution in [0.5, 0.6) is 0 Å². The summed E-state index contributed by atoms with van der Waals surface area (Å²) >= 11 is 0. The lowest BCUT2D eigenvalue weighted by molar-refractivity contribution is -0.0672. The Hall–Kier alpha value is -0.900. The molecule has 2 amide bonds. The van der Waals surface area contributed by atoms with Crippen molar-refractivity contribution in [3.63, 3.8) is 0 Å². The summed E-state index contributed by atoms with van der Waals surface area (Å²) < 4.78 is 30.0. The first-order valence-electron chi connectivity index (χ1n) is 8.11. The molecule has 0 bridgehead atoms. The van der Waals surface area contributed by atoms with Crippen LogP contribution in [0.2, 0.25) is 0 Å². The number of rotatable bonds is 4. The number of carbonyl (C=O) groups is 1. The Morgan fingerprint density at radius 3 is 2.22 bits per heavy atom. The maximum Gasteiger partial charge on any atom is 0.317 e. The highest BCUT2D eigenvalue weighted by atomic mass is 32.2. The topological polar surface area (TPSA) is 82.2 Å². The fourth-order valence-corrected chi connectivity index (χ4v) is 3.95. The first-order valence-corrected chi connectivity index (χ1v) is 9.96. The molecule has 0 saturated carbocycles. The van der Waals surface area contributed by atoms with Crippen LogP contribution in [0.25, 0.3) is 0 Å². The number of carbonyl (C=O) groups excluding carboxylic acids is 1. The second-order valence-corrected chi connectivity index (χ2v) is 8.38. The van der Waals surface area contributed by atoms with Crippen LogP contribution in [0.3, 0.4) is 0 Å². The molecule has 2 heterocycles. The zero-order valence-corrected chi connectivity index (χ0v) is 15.0. The van der Waals surface area contributed by atoms with E-state index in [4.69, 9.17) is 4.74 Å². The van der Waals surface area contributed by atoms with Gasteiger partial charge >= 0.3 is 6.03 Å². The number of hydrogen-bond donors (Lipinski definition) is 1. The van der Waals surface area contributed by atoms with E-state index in [-0.39, 0.29) is 18.2 Å². The van der Waals surface area contributed by atoms with Gasteiger partial charge in [0.05, 0.1) is 18.5 Å². The molecule has 23 heavy (non-hydrogen) atoms. The van der Waals surface area contributed by atoms with E-state index >= 15 is 0 Å². The lowest BCUT2D eigenvalue weighted by atomic mass is 10.2. The third-order valence-electron chi connectivity index (χ3n) is 4.19. The summed E-state index contributed by atoms with van der Waals surface area (Å²) in [5, 5.41) is 2.92. The number of hydrogen-bond acceptors (Lipinski definition) is 5. The number of urea groups is 1. The highest BCUT2D eigenvalue weighted by molar-refractivity contribution is 7.88. The summed E-state index contributed by atoms with van der Waals surface area (Å²) in [4.78, 5) is 16.1. The fraction of sp³-hybridized carbons (Fsp3) is 0.929. The van der Waals surface area contributed by atoms with Crippen LogP contribution in [0, 0.1) is 0 Å². The average Bonchev–Trinajstić information content (AvgIpc) is 2.45. The maximum absolute atomic E-state index is 12.1. The van der Waals surface area contributed by atoms with E-state index < -0.39 is 10.0 Å². The van der Waals surface area contributed by atoms with Gasteiger partial charge in [0.15, 0.2) is 0 Å². The first-order chi connectivity index (χ1) is 10.8. The van der Waals surface area contributed by atoms with Crippen LogP contribution in [-0.4, -0.2) is 99.4 Å². The normalized spacial score (nSPS) is 27.9. The zero-order valence-electron chi connectivity index (χ0n) is 14.2. The van der Waals surface area contributed by atoms with Crippen LogP contribution < -0.4 is 5.32 Å². The van der Waals surface area contributed by atoms with Gasteiger partial charge in [0.25, 0.3) is 0 Å². The maximum atomic E-state index is 12.1. The number of ether oxygens (including phenoxy) is 1. The Bertz CT molecular complexity index is 495. The van der Waals surface area contributed by atoms with Gasteiger partial charge in [-0.3, -0.25) is 4.90 Å². The molecular formula is C14H28N4O4S. The van der Waals surface area contributed by atoms with Crippen LogP contribution in [-0.2, 0) is 14.8 Å². The summed E-state index contributed by atoms with van der Waals surface area (Å²) in [5.41, 5.74) is 0. The van der Waals surface area contributed by atoms with E-state index in [0.717, 1.165) is 19.6 Å². The number of nitrogens with one attached hydrogen (secondary N) is 1. The molecule has 9 heteroatoms. The van der Waals surface area contributed by atoms with Crippen molar-refractivity contribution in [3.05, 3.63) is 0 Å². The predicted octanol–water partition coefficient (Wildman–Crippen LogP) is -0.618. The number of nitrogens with zero attached hydrogens (tertiary/aromatic N) is 3. The Kier molecular flexibility index (Phi) is 6.24. The molecule has 0 aromatic rings. The predicted molar refractivity (Wildman–Crippen MR) is 87.8 cm³/mol. The van der Waals surface area contributed by atoms with Crippen LogP contribution in [0.1, 0.15) is 13.8 Å². The number of amides is 2. The summed E-state index contributed by atoms with van der Waals surface area (Å²) in [6, 6.07) is -0.118. The molecule has 0 aliphatic carbocycles.